The van der Waals surface area contributed by atoms with Crippen LogP contribution in [0, 0.1) is 13.8 Å². The number of rotatable bonds is 6. The summed E-state index contributed by atoms with van der Waals surface area (Å²) in [5.41, 5.74) is 13.7. The van der Waals surface area contributed by atoms with E-state index in [1.165, 1.54) is 0 Å². The van der Waals surface area contributed by atoms with Gasteiger partial charge in [-0.05, 0) is 37.8 Å². The van der Waals surface area contributed by atoms with Gasteiger partial charge in [0.25, 0.3) is 0 Å². The number of hydrogen-bond donors (Lipinski definition) is 2. The molecule has 0 radical (unpaired) electrons. The molecular formula is C14H20N2O2. The summed E-state index contributed by atoms with van der Waals surface area (Å²) in [6.07, 6.45) is 1.42. The van der Waals surface area contributed by atoms with E-state index in [2.05, 4.69) is 0 Å². The van der Waals surface area contributed by atoms with Crippen molar-refractivity contribution in [3.63, 3.8) is 0 Å². The fourth-order valence-corrected chi connectivity index (χ4v) is 2.15. The molecule has 0 spiro atoms. The van der Waals surface area contributed by atoms with E-state index in [4.69, 9.17) is 11.5 Å². The topological polar surface area (TPSA) is 86.2 Å². The summed E-state index contributed by atoms with van der Waals surface area (Å²) >= 11 is 0. The van der Waals surface area contributed by atoms with Gasteiger partial charge in [-0.25, -0.2) is 0 Å². The first-order valence-electron chi connectivity index (χ1n) is 6.06. The van der Waals surface area contributed by atoms with Gasteiger partial charge in [-0.15, -0.1) is 0 Å². The van der Waals surface area contributed by atoms with E-state index in [9.17, 15) is 9.59 Å². The van der Waals surface area contributed by atoms with Crippen molar-refractivity contribution < 1.29 is 9.59 Å². The van der Waals surface area contributed by atoms with Crippen molar-refractivity contribution in [1.29, 1.82) is 0 Å². The fraction of sp³-hybridized carbons (Fsp3) is 0.429. The smallest absolute Gasteiger partial charge is 0.224 e. The summed E-state index contributed by atoms with van der Waals surface area (Å²) in [4.78, 5) is 22.2. The Morgan fingerprint density at radius 3 is 2.39 bits per heavy atom. The number of primary amides is 2. The van der Waals surface area contributed by atoms with Crippen molar-refractivity contribution in [3.8, 4) is 0 Å². The van der Waals surface area contributed by atoms with Crippen molar-refractivity contribution in [2.24, 2.45) is 11.5 Å². The third-order valence-electron chi connectivity index (χ3n) is 3.06. The molecule has 1 unspecified atom stereocenters. The zero-order valence-corrected chi connectivity index (χ0v) is 10.9. The second-order valence-electron chi connectivity index (χ2n) is 4.67. The average Bonchev–Trinajstić information content (AvgIpc) is 2.25. The molecule has 0 aliphatic heterocycles. The molecule has 1 aromatic carbocycles. The molecule has 1 rings (SSSR count). The lowest BCUT2D eigenvalue weighted by molar-refractivity contribution is -0.120. The molecule has 2 amide bonds. The Balaban J connectivity index is 2.84. The molecule has 0 fully saturated rings. The van der Waals surface area contributed by atoms with Crippen LogP contribution in [0.1, 0.15) is 41.9 Å². The molecule has 4 N–H and O–H groups in total. The van der Waals surface area contributed by atoms with E-state index in [1.54, 1.807) is 0 Å². The Morgan fingerprint density at radius 2 is 1.89 bits per heavy atom. The second-order valence-corrected chi connectivity index (χ2v) is 4.67. The summed E-state index contributed by atoms with van der Waals surface area (Å²) < 4.78 is 0. The molecule has 4 heteroatoms. The predicted octanol–water partition coefficient (Wildman–Crippen LogP) is 1.53. The van der Waals surface area contributed by atoms with Crippen molar-refractivity contribution in [1.82, 2.24) is 0 Å². The number of amides is 2. The maximum absolute atomic E-state index is 11.5. The van der Waals surface area contributed by atoms with Crippen LogP contribution in [-0.2, 0) is 9.59 Å². The molecule has 18 heavy (non-hydrogen) atoms. The zero-order chi connectivity index (χ0) is 13.7. The lowest BCUT2D eigenvalue weighted by atomic mass is 9.89. The van der Waals surface area contributed by atoms with Gasteiger partial charge in [-0.1, -0.05) is 23.8 Å². The molecule has 0 saturated carbocycles. The van der Waals surface area contributed by atoms with Crippen LogP contribution >= 0.6 is 0 Å². The summed E-state index contributed by atoms with van der Waals surface area (Å²) in [5, 5.41) is 0. The average molecular weight is 248 g/mol. The molecular weight excluding hydrogens is 228 g/mol. The van der Waals surface area contributed by atoms with E-state index in [1.807, 2.05) is 32.0 Å². The van der Waals surface area contributed by atoms with E-state index < -0.39 is 0 Å². The van der Waals surface area contributed by atoms with E-state index in [0.717, 1.165) is 16.7 Å². The Kier molecular flexibility index (Phi) is 4.89. The molecule has 0 bridgehead atoms. The van der Waals surface area contributed by atoms with Crippen LogP contribution in [0.5, 0.6) is 0 Å². The quantitative estimate of drug-likeness (QED) is 0.799. The minimum absolute atomic E-state index is 0.286. The van der Waals surface area contributed by atoms with Crippen LogP contribution in [0.3, 0.4) is 0 Å². The first kappa shape index (κ1) is 14.2. The first-order valence-corrected chi connectivity index (χ1v) is 6.06. The Morgan fingerprint density at radius 1 is 1.22 bits per heavy atom. The largest absolute Gasteiger partial charge is 0.370 e. The number of hydrogen-bond acceptors (Lipinski definition) is 2. The van der Waals surface area contributed by atoms with Crippen molar-refractivity contribution >= 4 is 11.8 Å². The van der Waals surface area contributed by atoms with Crippen LogP contribution in [0.2, 0.25) is 0 Å². The van der Waals surface area contributed by atoms with Gasteiger partial charge in [0.15, 0.2) is 0 Å². The third kappa shape index (κ3) is 3.87. The van der Waals surface area contributed by atoms with Gasteiger partial charge >= 0.3 is 0 Å². The van der Waals surface area contributed by atoms with Gasteiger partial charge in [0, 0.05) is 6.42 Å². The van der Waals surface area contributed by atoms with Gasteiger partial charge in [0.05, 0.1) is 5.92 Å². The zero-order valence-electron chi connectivity index (χ0n) is 10.9. The van der Waals surface area contributed by atoms with Gasteiger partial charge < -0.3 is 11.5 Å². The number of benzene rings is 1. The highest BCUT2D eigenvalue weighted by Gasteiger charge is 2.19. The summed E-state index contributed by atoms with van der Waals surface area (Å²) in [5.74, 6) is -1.05. The van der Waals surface area contributed by atoms with Gasteiger partial charge in [0.1, 0.15) is 0 Å². The van der Waals surface area contributed by atoms with E-state index in [-0.39, 0.29) is 24.2 Å². The highest BCUT2D eigenvalue weighted by molar-refractivity contribution is 5.82. The fourth-order valence-electron chi connectivity index (χ4n) is 2.15. The first-order chi connectivity index (χ1) is 8.41. The molecule has 1 atom stereocenters. The number of carbonyl (C=O) groups is 2. The highest BCUT2D eigenvalue weighted by Crippen LogP contribution is 2.25. The maximum atomic E-state index is 11.5. The second kappa shape index (κ2) is 6.19. The molecule has 4 nitrogen and oxygen atoms in total. The number of carbonyl (C=O) groups excluding carboxylic acids is 2. The minimum Gasteiger partial charge on any atom is -0.370 e. The van der Waals surface area contributed by atoms with Crippen LogP contribution in [0.4, 0.5) is 0 Å². The Bertz CT molecular complexity index is 455. The molecule has 0 aliphatic carbocycles. The molecule has 0 aromatic heterocycles. The van der Waals surface area contributed by atoms with Crippen LogP contribution in [-0.4, -0.2) is 11.8 Å². The van der Waals surface area contributed by atoms with Gasteiger partial charge in [0.2, 0.25) is 11.8 Å². The van der Waals surface area contributed by atoms with Crippen LogP contribution in [0.25, 0.3) is 0 Å². The maximum Gasteiger partial charge on any atom is 0.224 e. The molecule has 0 saturated heterocycles. The molecule has 0 aliphatic rings. The summed E-state index contributed by atoms with van der Waals surface area (Å²) in [6, 6.07) is 5.93. The monoisotopic (exact) mass is 248 g/mol. The number of aryl methyl sites for hydroxylation is 2. The number of nitrogens with two attached hydrogens (primary N) is 2. The molecule has 1 aromatic rings. The van der Waals surface area contributed by atoms with Crippen molar-refractivity contribution in [2.45, 2.75) is 39.0 Å². The Hall–Kier alpha value is -1.84. The predicted molar refractivity (Wildman–Crippen MR) is 70.9 cm³/mol. The van der Waals surface area contributed by atoms with Gasteiger partial charge in [-0.2, -0.15) is 0 Å². The van der Waals surface area contributed by atoms with Crippen LogP contribution in [0.15, 0.2) is 18.2 Å². The summed E-state index contributed by atoms with van der Waals surface area (Å²) in [6.45, 7) is 3.97. The van der Waals surface area contributed by atoms with E-state index in [0.29, 0.717) is 12.8 Å². The normalized spacial score (nSPS) is 12.1. The SMILES string of the molecule is Cc1ccc(C(CCCC(N)=O)C(N)=O)c(C)c1. The lowest BCUT2D eigenvalue weighted by Gasteiger charge is -2.16. The van der Waals surface area contributed by atoms with Gasteiger partial charge in [-0.3, -0.25) is 9.59 Å². The van der Waals surface area contributed by atoms with E-state index >= 15 is 0 Å². The summed E-state index contributed by atoms with van der Waals surface area (Å²) in [7, 11) is 0. The molecule has 98 valence electrons. The van der Waals surface area contributed by atoms with Crippen molar-refractivity contribution in [3.05, 3.63) is 34.9 Å². The lowest BCUT2D eigenvalue weighted by Crippen LogP contribution is -2.22. The Labute approximate surface area is 107 Å². The van der Waals surface area contributed by atoms with Crippen molar-refractivity contribution in [2.75, 3.05) is 0 Å². The molecule has 0 heterocycles. The minimum atomic E-state index is -0.355. The standard InChI is InChI=1S/C14H20N2O2/c1-9-6-7-11(10(2)8-9)12(14(16)18)4-3-5-13(15)17/h6-8,12H,3-5H2,1-2H3,(H2,15,17)(H2,16,18). The third-order valence-corrected chi connectivity index (χ3v) is 3.06. The van der Waals surface area contributed by atoms with Crippen LogP contribution < -0.4 is 11.5 Å². The highest BCUT2D eigenvalue weighted by atomic mass is 16.1.